The first-order valence-corrected chi connectivity index (χ1v) is 8.91. The monoisotopic (exact) mass is 392 g/mol. The molecule has 2 aromatic rings. The highest BCUT2D eigenvalue weighted by Gasteiger charge is 2.13. The van der Waals surface area contributed by atoms with Gasteiger partial charge in [-0.2, -0.15) is 8.78 Å². The van der Waals surface area contributed by atoms with Crippen molar-refractivity contribution in [1.82, 2.24) is 4.90 Å². The second kappa shape index (κ2) is 9.36. The molecule has 28 heavy (non-hydrogen) atoms. The van der Waals surface area contributed by atoms with Gasteiger partial charge in [0, 0.05) is 24.7 Å². The number of anilines is 1. The van der Waals surface area contributed by atoms with Gasteiger partial charge in [0.1, 0.15) is 5.75 Å². The molecule has 0 unspecified atom stereocenters. The molecule has 0 bridgehead atoms. The second-order valence-corrected chi connectivity index (χ2v) is 6.45. The van der Waals surface area contributed by atoms with E-state index >= 15 is 0 Å². The molecule has 2 aromatic carbocycles. The minimum atomic E-state index is -2.85. The van der Waals surface area contributed by atoms with Crippen LogP contribution in [0.5, 0.6) is 17.2 Å². The number of nitrogens with zero attached hydrogens (tertiary/aromatic N) is 1. The lowest BCUT2D eigenvalue weighted by Gasteiger charge is -2.17. The molecule has 1 amide bonds. The third-order valence-corrected chi connectivity index (χ3v) is 4.05. The first-order chi connectivity index (χ1) is 13.5. The van der Waals surface area contributed by atoms with E-state index in [0.717, 1.165) is 12.0 Å². The molecular weight excluding hydrogens is 370 g/mol. The van der Waals surface area contributed by atoms with Gasteiger partial charge < -0.3 is 19.5 Å². The summed E-state index contributed by atoms with van der Waals surface area (Å²) in [6.07, 6.45) is 0.816. The van der Waals surface area contributed by atoms with E-state index < -0.39 is 6.61 Å². The van der Waals surface area contributed by atoms with E-state index in [4.69, 9.17) is 9.47 Å². The fourth-order valence-electron chi connectivity index (χ4n) is 2.83. The van der Waals surface area contributed by atoms with Crippen LogP contribution in [0, 0.1) is 0 Å². The molecule has 150 valence electrons. The maximum absolute atomic E-state index is 12.3. The number of ether oxygens (including phenoxy) is 3. The fourth-order valence-corrected chi connectivity index (χ4v) is 2.83. The maximum Gasteiger partial charge on any atom is 0.387 e. The van der Waals surface area contributed by atoms with E-state index in [1.54, 1.807) is 37.4 Å². The number of nitrogens with one attached hydrogen (secondary N) is 1. The van der Waals surface area contributed by atoms with Crippen LogP contribution in [-0.4, -0.2) is 44.2 Å². The normalized spacial score (nSPS) is 13.3. The van der Waals surface area contributed by atoms with Crippen molar-refractivity contribution < 1.29 is 27.8 Å². The topological polar surface area (TPSA) is 60.0 Å². The Hall–Kier alpha value is -2.87. The van der Waals surface area contributed by atoms with Crippen LogP contribution in [0.15, 0.2) is 42.5 Å². The first kappa shape index (κ1) is 19.9. The summed E-state index contributed by atoms with van der Waals surface area (Å²) >= 11 is 0. The zero-order chi connectivity index (χ0) is 19.9. The first-order valence-electron chi connectivity index (χ1n) is 8.91. The molecule has 3 rings (SSSR count). The number of hydrogen-bond donors (Lipinski definition) is 1. The fraction of sp³-hybridized carbons (Fsp3) is 0.350. The molecule has 1 N–H and O–H groups in total. The van der Waals surface area contributed by atoms with Crippen molar-refractivity contribution in [3.63, 3.8) is 0 Å². The van der Waals surface area contributed by atoms with Gasteiger partial charge in [-0.1, -0.05) is 12.1 Å². The number of benzene rings is 2. The van der Waals surface area contributed by atoms with Gasteiger partial charge in [0.25, 0.3) is 0 Å². The van der Waals surface area contributed by atoms with E-state index in [1.165, 1.54) is 12.1 Å². The summed E-state index contributed by atoms with van der Waals surface area (Å²) < 4.78 is 39.9. The Morgan fingerprint density at radius 2 is 1.86 bits per heavy atom. The zero-order valence-electron chi connectivity index (χ0n) is 15.5. The molecular formula is C20H22F2N2O4. The number of rotatable bonds is 7. The number of hydrogen-bond acceptors (Lipinski definition) is 5. The van der Waals surface area contributed by atoms with Crippen molar-refractivity contribution in [2.24, 2.45) is 0 Å². The van der Waals surface area contributed by atoms with Gasteiger partial charge in [-0.05, 0) is 36.9 Å². The summed E-state index contributed by atoms with van der Waals surface area (Å²) in [6.45, 7) is -0.998. The molecule has 8 heteroatoms. The van der Waals surface area contributed by atoms with Gasteiger partial charge in [-0.3, -0.25) is 9.69 Å². The molecule has 0 atom stereocenters. The Balaban J connectivity index is 1.51. The molecule has 6 nitrogen and oxygen atoms in total. The molecule has 0 aromatic heterocycles. The van der Waals surface area contributed by atoms with E-state index in [2.05, 4.69) is 10.1 Å². The Morgan fingerprint density at radius 1 is 1.14 bits per heavy atom. The molecule has 0 radical (unpaired) electrons. The van der Waals surface area contributed by atoms with Crippen LogP contribution in [0.2, 0.25) is 0 Å². The number of amides is 1. The molecule has 1 heterocycles. The Bertz CT molecular complexity index is 799. The van der Waals surface area contributed by atoms with Crippen LogP contribution in [0.4, 0.5) is 14.5 Å². The molecule has 0 saturated heterocycles. The van der Waals surface area contributed by atoms with Crippen LogP contribution in [0.3, 0.4) is 0 Å². The highest BCUT2D eigenvalue weighted by Crippen LogP contribution is 2.32. The quantitative estimate of drug-likeness (QED) is 0.781. The van der Waals surface area contributed by atoms with Gasteiger partial charge >= 0.3 is 6.61 Å². The summed E-state index contributed by atoms with van der Waals surface area (Å²) in [7, 11) is 1.80. The predicted octanol–water partition coefficient (Wildman–Crippen LogP) is 3.52. The van der Waals surface area contributed by atoms with E-state index in [-0.39, 0.29) is 18.2 Å². The van der Waals surface area contributed by atoms with Gasteiger partial charge in [-0.25, -0.2) is 0 Å². The summed E-state index contributed by atoms with van der Waals surface area (Å²) in [6, 6.07) is 11.6. The molecule has 1 aliphatic rings. The van der Waals surface area contributed by atoms with Crippen LogP contribution >= 0.6 is 0 Å². The van der Waals surface area contributed by atoms with Crippen molar-refractivity contribution >= 4 is 11.6 Å². The smallest absolute Gasteiger partial charge is 0.387 e. The lowest BCUT2D eigenvalue weighted by Crippen LogP contribution is -2.29. The summed E-state index contributed by atoms with van der Waals surface area (Å²) in [5, 5.41) is 2.84. The highest BCUT2D eigenvalue weighted by molar-refractivity contribution is 5.92. The van der Waals surface area contributed by atoms with Crippen LogP contribution < -0.4 is 19.5 Å². The molecule has 1 aliphatic heterocycles. The van der Waals surface area contributed by atoms with Gasteiger partial charge in [-0.15, -0.1) is 0 Å². The van der Waals surface area contributed by atoms with Crippen molar-refractivity contribution in [2.75, 3.05) is 32.1 Å². The number of fused-ring (bicyclic) bond motifs is 1. The van der Waals surface area contributed by atoms with Gasteiger partial charge in [0.2, 0.25) is 5.91 Å². The van der Waals surface area contributed by atoms with Gasteiger partial charge in [0.05, 0.1) is 19.8 Å². The number of halogens is 2. The van der Waals surface area contributed by atoms with Gasteiger partial charge in [0.15, 0.2) is 11.5 Å². The molecule has 0 fully saturated rings. The number of likely N-dealkylation sites (N-methyl/N-ethyl adjacent to an activating group) is 1. The maximum atomic E-state index is 12.3. The summed E-state index contributed by atoms with van der Waals surface area (Å²) in [4.78, 5) is 14.1. The predicted molar refractivity (Wildman–Crippen MR) is 100 cm³/mol. The number of alkyl halides is 2. The Kier molecular flexibility index (Phi) is 6.65. The van der Waals surface area contributed by atoms with Crippen molar-refractivity contribution in [3.05, 3.63) is 48.0 Å². The van der Waals surface area contributed by atoms with E-state index in [9.17, 15) is 13.6 Å². The number of carbonyl (C=O) groups is 1. The van der Waals surface area contributed by atoms with Crippen LogP contribution in [0.1, 0.15) is 12.0 Å². The Labute approximate surface area is 162 Å². The highest BCUT2D eigenvalue weighted by atomic mass is 19.3. The lowest BCUT2D eigenvalue weighted by molar-refractivity contribution is -0.117. The van der Waals surface area contributed by atoms with Crippen LogP contribution in [-0.2, 0) is 11.3 Å². The van der Waals surface area contributed by atoms with Crippen molar-refractivity contribution in [3.8, 4) is 17.2 Å². The SMILES string of the molecule is CN(CC(=O)Nc1ccc2c(c1)OCCCO2)Cc1ccc(OC(F)F)cc1. The van der Waals surface area contributed by atoms with Crippen LogP contribution in [0.25, 0.3) is 0 Å². The third kappa shape index (κ3) is 5.82. The lowest BCUT2D eigenvalue weighted by atomic mass is 10.2. The molecule has 0 aliphatic carbocycles. The summed E-state index contributed by atoms with van der Waals surface area (Å²) in [5.41, 5.74) is 1.52. The van der Waals surface area contributed by atoms with Crippen molar-refractivity contribution in [2.45, 2.75) is 19.6 Å². The second-order valence-electron chi connectivity index (χ2n) is 6.45. The zero-order valence-corrected chi connectivity index (χ0v) is 15.5. The minimum absolute atomic E-state index is 0.105. The number of carbonyl (C=O) groups excluding carboxylic acids is 1. The summed E-state index contributed by atoms with van der Waals surface area (Å²) in [5.74, 6) is 1.23. The van der Waals surface area contributed by atoms with E-state index in [0.29, 0.717) is 36.9 Å². The molecule has 0 saturated carbocycles. The minimum Gasteiger partial charge on any atom is -0.490 e. The standard InChI is InChI=1S/C20H22F2N2O4/c1-24(12-14-3-6-16(7-4-14)28-20(21)22)13-19(25)23-15-5-8-17-18(11-15)27-10-2-9-26-17/h3-8,11,20H,2,9-10,12-13H2,1H3,(H,23,25). The third-order valence-electron chi connectivity index (χ3n) is 4.05. The largest absolute Gasteiger partial charge is 0.490 e. The molecule has 0 spiro atoms. The average molecular weight is 392 g/mol. The average Bonchev–Trinajstić information content (AvgIpc) is 2.87. The Morgan fingerprint density at radius 3 is 2.57 bits per heavy atom. The van der Waals surface area contributed by atoms with Crippen molar-refractivity contribution in [1.29, 1.82) is 0 Å². The van der Waals surface area contributed by atoms with E-state index in [1.807, 2.05) is 4.90 Å².